The van der Waals surface area contributed by atoms with Crippen molar-refractivity contribution in [2.24, 2.45) is 0 Å². The van der Waals surface area contributed by atoms with Gasteiger partial charge in [-0.25, -0.2) is 4.98 Å². The number of nitrogens with zero attached hydrogens (tertiary/aromatic N) is 1. The third kappa shape index (κ3) is 1.33. The first-order chi connectivity index (χ1) is 4.61. The van der Waals surface area contributed by atoms with Gasteiger partial charge in [0.2, 0.25) is 0 Å². The lowest BCUT2D eigenvalue weighted by molar-refractivity contribution is 0.469. The Morgan fingerprint density at radius 3 is 2.60 bits per heavy atom. The quantitative estimate of drug-likeness (QED) is 0.618. The number of aromatic nitrogens is 1. The number of halogens is 2. The summed E-state index contributed by atoms with van der Waals surface area (Å²) in [6.07, 6.45) is 0. The molecule has 0 bridgehead atoms. The number of hydrogen-bond donors (Lipinski definition) is 1. The first-order valence-corrected chi connectivity index (χ1v) is 3.38. The van der Waals surface area contributed by atoms with Crippen LogP contribution in [0.2, 0.25) is 10.3 Å². The molecule has 0 aliphatic carbocycles. The zero-order chi connectivity index (χ0) is 7.72. The molecule has 1 aromatic rings. The van der Waals surface area contributed by atoms with Gasteiger partial charge in [0.1, 0.15) is 5.15 Å². The van der Waals surface area contributed by atoms with Crippen molar-refractivity contribution in [1.82, 2.24) is 4.98 Å². The zero-order valence-electron chi connectivity index (χ0n) is 5.23. The average Bonchev–Trinajstić information content (AvgIpc) is 1.82. The predicted octanol–water partition coefficient (Wildman–Crippen LogP) is 2.40. The highest BCUT2D eigenvalue weighted by Gasteiger charge is 2.03. The van der Waals surface area contributed by atoms with Gasteiger partial charge in [0.25, 0.3) is 0 Å². The molecule has 2 nitrogen and oxygen atoms in total. The van der Waals surface area contributed by atoms with E-state index in [-0.39, 0.29) is 10.9 Å². The summed E-state index contributed by atoms with van der Waals surface area (Å²) in [6, 6.07) is 1.54. The molecule has 0 unspecified atom stereocenters. The third-order valence-corrected chi connectivity index (χ3v) is 1.57. The molecular formula is C6H5Cl2NO. The summed E-state index contributed by atoms with van der Waals surface area (Å²) >= 11 is 11.0. The number of rotatable bonds is 0. The molecule has 0 saturated carbocycles. The van der Waals surface area contributed by atoms with Gasteiger partial charge in [-0.2, -0.15) is 0 Å². The maximum absolute atomic E-state index is 9.08. The van der Waals surface area contributed by atoms with E-state index in [2.05, 4.69) is 4.98 Å². The molecule has 0 aliphatic rings. The lowest BCUT2D eigenvalue weighted by atomic mass is 10.3. The Morgan fingerprint density at radius 2 is 2.10 bits per heavy atom. The van der Waals surface area contributed by atoms with Crippen LogP contribution in [0.4, 0.5) is 0 Å². The van der Waals surface area contributed by atoms with Gasteiger partial charge >= 0.3 is 0 Å². The fourth-order valence-corrected chi connectivity index (χ4v) is 1.12. The number of pyridine rings is 1. The molecular weight excluding hydrogens is 173 g/mol. The second-order valence-electron chi connectivity index (χ2n) is 1.90. The summed E-state index contributed by atoms with van der Waals surface area (Å²) in [6.45, 7) is 1.70. The van der Waals surface area contributed by atoms with Crippen LogP contribution in [0.3, 0.4) is 0 Å². The normalized spacial score (nSPS) is 9.90. The largest absolute Gasteiger partial charge is 0.505 e. The summed E-state index contributed by atoms with van der Waals surface area (Å²) in [5.41, 5.74) is 0.630. The SMILES string of the molecule is Cc1cc(Cl)nc(Cl)c1O. The number of hydrogen-bond acceptors (Lipinski definition) is 2. The third-order valence-electron chi connectivity index (χ3n) is 1.11. The molecule has 4 heteroatoms. The maximum atomic E-state index is 9.08. The molecule has 0 amide bonds. The van der Waals surface area contributed by atoms with E-state index in [0.717, 1.165) is 0 Å². The summed E-state index contributed by atoms with van der Waals surface area (Å²) < 4.78 is 0. The van der Waals surface area contributed by atoms with Crippen molar-refractivity contribution in [2.75, 3.05) is 0 Å². The van der Waals surface area contributed by atoms with Crippen LogP contribution in [0, 0.1) is 6.92 Å². The van der Waals surface area contributed by atoms with E-state index in [1.807, 2.05) is 0 Å². The topological polar surface area (TPSA) is 33.1 Å². The molecule has 1 aromatic heterocycles. The van der Waals surface area contributed by atoms with Crippen molar-refractivity contribution in [3.8, 4) is 5.75 Å². The number of aromatic hydroxyl groups is 1. The molecule has 0 radical (unpaired) electrons. The molecule has 0 aromatic carbocycles. The van der Waals surface area contributed by atoms with Gasteiger partial charge in [0.15, 0.2) is 10.9 Å². The Balaban J connectivity index is 3.31. The number of aryl methyl sites for hydroxylation is 1. The highest BCUT2D eigenvalue weighted by molar-refractivity contribution is 6.33. The predicted molar refractivity (Wildman–Crippen MR) is 40.7 cm³/mol. The maximum Gasteiger partial charge on any atom is 0.172 e. The summed E-state index contributed by atoms with van der Waals surface area (Å²) in [7, 11) is 0. The summed E-state index contributed by atoms with van der Waals surface area (Å²) in [5, 5.41) is 9.42. The molecule has 0 fully saturated rings. The molecule has 1 rings (SSSR count). The fourth-order valence-electron chi connectivity index (χ4n) is 0.589. The van der Waals surface area contributed by atoms with Crippen LogP contribution < -0.4 is 0 Å². The van der Waals surface area contributed by atoms with E-state index in [0.29, 0.717) is 10.7 Å². The average molecular weight is 178 g/mol. The molecule has 1 N–H and O–H groups in total. The van der Waals surface area contributed by atoms with Crippen molar-refractivity contribution in [3.63, 3.8) is 0 Å². The van der Waals surface area contributed by atoms with Gasteiger partial charge in [-0.1, -0.05) is 23.2 Å². The second-order valence-corrected chi connectivity index (χ2v) is 2.65. The van der Waals surface area contributed by atoms with Crippen molar-refractivity contribution in [3.05, 3.63) is 21.9 Å². The van der Waals surface area contributed by atoms with E-state index < -0.39 is 0 Å². The Kier molecular flexibility index (Phi) is 2.02. The standard InChI is InChI=1S/C6H5Cl2NO/c1-3-2-4(7)9-6(8)5(3)10/h2,10H,1H3. The Hall–Kier alpha value is -0.470. The second kappa shape index (κ2) is 2.64. The van der Waals surface area contributed by atoms with Crippen molar-refractivity contribution in [2.45, 2.75) is 6.92 Å². The molecule has 0 atom stereocenters. The Labute approximate surface area is 68.4 Å². The molecule has 1 heterocycles. The minimum absolute atomic E-state index is 0.00827. The van der Waals surface area contributed by atoms with Crippen molar-refractivity contribution < 1.29 is 5.11 Å². The fraction of sp³-hybridized carbons (Fsp3) is 0.167. The minimum atomic E-state index is -0.00827. The van der Waals surface area contributed by atoms with Crippen LogP contribution in [-0.2, 0) is 0 Å². The molecule has 0 spiro atoms. The molecule has 0 saturated heterocycles. The van der Waals surface area contributed by atoms with Crippen LogP contribution in [0.25, 0.3) is 0 Å². The smallest absolute Gasteiger partial charge is 0.172 e. The van der Waals surface area contributed by atoms with Crippen molar-refractivity contribution in [1.29, 1.82) is 0 Å². The first-order valence-electron chi connectivity index (χ1n) is 2.63. The molecule has 54 valence electrons. The van der Waals surface area contributed by atoms with Crippen LogP contribution in [0.1, 0.15) is 5.56 Å². The van der Waals surface area contributed by atoms with Gasteiger partial charge in [0, 0.05) is 0 Å². The van der Waals surface area contributed by atoms with Crippen LogP contribution in [0.15, 0.2) is 6.07 Å². The van der Waals surface area contributed by atoms with Crippen LogP contribution in [0.5, 0.6) is 5.75 Å². The molecule has 0 aliphatic heterocycles. The highest BCUT2D eigenvalue weighted by Crippen LogP contribution is 2.26. The lowest BCUT2D eigenvalue weighted by Crippen LogP contribution is -1.81. The van der Waals surface area contributed by atoms with Crippen molar-refractivity contribution >= 4 is 23.2 Å². The van der Waals surface area contributed by atoms with Gasteiger partial charge in [0.05, 0.1) is 0 Å². The zero-order valence-corrected chi connectivity index (χ0v) is 6.74. The Bertz CT molecular complexity index is 239. The summed E-state index contributed by atoms with van der Waals surface area (Å²) in [5.74, 6) is -0.00827. The highest BCUT2D eigenvalue weighted by atomic mass is 35.5. The lowest BCUT2D eigenvalue weighted by Gasteiger charge is -1.99. The van der Waals surface area contributed by atoms with E-state index in [1.165, 1.54) is 0 Å². The Morgan fingerprint density at radius 1 is 1.50 bits per heavy atom. The van der Waals surface area contributed by atoms with E-state index >= 15 is 0 Å². The van der Waals surface area contributed by atoms with E-state index in [9.17, 15) is 0 Å². The van der Waals surface area contributed by atoms with Gasteiger partial charge in [-0.15, -0.1) is 0 Å². The van der Waals surface area contributed by atoms with Gasteiger partial charge in [-0.05, 0) is 18.6 Å². The van der Waals surface area contributed by atoms with Gasteiger partial charge in [-0.3, -0.25) is 0 Å². The van der Waals surface area contributed by atoms with E-state index in [1.54, 1.807) is 13.0 Å². The van der Waals surface area contributed by atoms with E-state index in [4.69, 9.17) is 28.3 Å². The van der Waals surface area contributed by atoms with Crippen LogP contribution >= 0.6 is 23.2 Å². The summed E-state index contributed by atoms with van der Waals surface area (Å²) in [4.78, 5) is 3.61. The monoisotopic (exact) mass is 177 g/mol. The minimum Gasteiger partial charge on any atom is -0.505 e. The van der Waals surface area contributed by atoms with Gasteiger partial charge < -0.3 is 5.11 Å². The first kappa shape index (κ1) is 7.63. The molecule has 10 heavy (non-hydrogen) atoms. The van der Waals surface area contributed by atoms with Crippen LogP contribution in [-0.4, -0.2) is 10.1 Å².